The maximum atomic E-state index is 11.8. The molecule has 17 heavy (non-hydrogen) atoms. The van der Waals surface area contributed by atoms with Crippen LogP contribution in [0, 0.1) is 11.3 Å². The predicted molar refractivity (Wildman–Crippen MR) is 66.6 cm³/mol. The second-order valence-corrected chi connectivity index (χ2v) is 4.72. The molecule has 3 heteroatoms. The second-order valence-electron chi connectivity index (χ2n) is 4.72. The molecule has 0 aliphatic heterocycles. The number of carbonyl (C=O) groups excluding carboxylic acids is 1. The van der Waals surface area contributed by atoms with Crippen molar-refractivity contribution in [2.75, 3.05) is 0 Å². The van der Waals surface area contributed by atoms with Crippen LogP contribution in [-0.2, 0) is 9.59 Å². The molecular weight excluding hydrogens is 216 g/mol. The Morgan fingerprint density at radius 3 is 2.18 bits per heavy atom. The van der Waals surface area contributed by atoms with Crippen molar-refractivity contribution in [1.29, 1.82) is 0 Å². The molecule has 1 unspecified atom stereocenters. The lowest BCUT2D eigenvalue weighted by molar-refractivity contribution is -0.155. The van der Waals surface area contributed by atoms with E-state index in [1.807, 2.05) is 24.3 Å². The highest BCUT2D eigenvalue weighted by Crippen LogP contribution is 2.36. The number of aliphatic carboxylic acids is 1. The lowest BCUT2D eigenvalue weighted by Crippen LogP contribution is -2.39. The summed E-state index contributed by atoms with van der Waals surface area (Å²) < 4.78 is 0. The molecular formula is C14H18O3. The normalized spacial score (nSPS) is 18.0. The molecule has 0 radical (unpaired) electrons. The van der Waals surface area contributed by atoms with Gasteiger partial charge in [-0.2, -0.15) is 0 Å². The highest BCUT2D eigenvalue weighted by atomic mass is 16.4. The van der Waals surface area contributed by atoms with Crippen molar-refractivity contribution in [3.8, 4) is 0 Å². The minimum absolute atomic E-state index is 0.0225. The fourth-order valence-corrected chi connectivity index (χ4v) is 2.19. The van der Waals surface area contributed by atoms with E-state index in [1.54, 1.807) is 6.92 Å². The summed E-state index contributed by atoms with van der Waals surface area (Å²) in [5.74, 6) is -1.34. The zero-order valence-corrected chi connectivity index (χ0v) is 10.3. The summed E-state index contributed by atoms with van der Waals surface area (Å²) in [5.41, 5.74) is -0.622. The van der Waals surface area contributed by atoms with Gasteiger partial charge in [0, 0.05) is 0 Å². The number of rotatable bonds is 6. The van der Waals surface area contributed by atoms with E-state index in [-0.39, 0.29) is 18.1 Å². The smallest absolute Gasteiger partial charge is 0.317 e. The molecule has 1 aliphatic rings. The highest BCUT2D eigenvalue weighted by Gasteiger charge is 2.44. The van der Waals surface area contributed by atoms with Crippen LogP contribution in [0.25, 0.3) is 0 Å². The number of hydrogen-bond acceptors (Lipinski definition) is 2. The molecule has 1 rings (SSSR count). The van der Waals surface area contributed by atoms with Gasteiger partial charge in [-0.3, -0.25) is 9.59 Å². The summed E-state index contributed by atoms with van der Waals surface area (Å²) in [6, 6.07) is 0. The van der Waals surface area contributed by atoms with Crippen LogP contribution in [0.5, 0.6) is 0 Å². The van der Waals surface area contributed by atoms with Crippen LogP contribution in [0.3, 0.4) is 0 Å². The van der Waals surface area contributed by atoms with Gasteiger partial charge in [-0.1, -0.05) is 29.9 Å². The van der Waals surface area contributed by atoms with Crippen LogP contribution < -0.4 is 0 Å². The minimum Gasteiger partial charge on any atom is -0.480 e. The SMILES string of the molecule is C=C(C)CC(CC1C=CC=C1)(C(C)=O)C(=O)O. The van der Waals surface area contributed by atoms with E-state index in [9.17, 15) is 14.7 Å². The summed E-state index contributed by atoms with van der Waals surface area (Å²) in [6.45, 7) is 6.83. The van der Waals surface area contributed by atoms with Gasteiger partial charge >= 0.3 is 5.97 Å². The number of allylic oxidation sites excluding steroid dienone is 5. The summed E-state index contributed by atoms with van der Waals surface area (Å²) in [6.07, 6.45) is 8.09. The zero-order valence-electron chi connectivity index (χ0n) is 10.3. The van der Waals surface area contributed by atoms with Gasteiger partial charge in [0.2, 0.25) is 0 Å². The highest BCUT2D eigenvalue weighted by molar-refractivity contribution is 6.02. The third-order valence-electron chi connectivity index (χ3n) is 3.10. The fourth-order valence-electron chi connectivity index (χ4n) is 2.19. The van der Waals surface area contributed by atoms with Gasteiger partial charge < -0.3 is 5.11 Å². The van der Waals surface area contributed by atoms with Crippen molar-refractivity contribution in [3.63, 3.8) is 0 Å². The van der Waals surface area contributed by atoms with Crippen molar-refractivity contribution >= 4 is 11.8 Å². The monoisotopic (exact) mass is 234 g/mol. The zero-order chi connectivity index (χ0) is 13.1. The average molecular weight is 234 g/mol. The van der Waals surface area contributed by atoms with E-state index in [1.165, 1.54) is 6.92 Å². The van der Waals surface area contributed by atoms with E-state index in [2.05, 4.69) is 6.58 Å². The molecule has 3 nitrogen and oxygen atoms in total. The third kappa shape index (κ3) is 2.93. The first-order valence-electron chi connectivity index (χ1n) is 5.62. The Hall–Kier alpha value is -1.64. The van der Waals surface area contributed by atoms with Gasteiger partial charge in [-0.15, -0.1) is 6.58 Å². The van der Waals surface area contributed by atoms with Crippen molar-refractivity contribution in [3.05, 3.63) is 36.5 Å². The van der Waals surface area contributed by atoms with Gasteiger partial charge in [-0.25, -0.2) is 0 Å². The Kier molecular flexibility index (Phi) is 4.05. The van der Waals surface area contributed by atoms with E-state index in [0.717, 1.165) is 0 Å². The van der Waals surface area contributed by atoms with Crippen LogP contribution in [0.2, 0.25) is 0 Å². The summed E-state index contributed by atoms with van der Waals surface area (Å²) in [5, 5.41) is 9.39. The number of carboxylic acid groups (broad SMARTS) is 1. The van der Waals surface area contributed by atoms with E-state index in [4.69, 9.17) is 0 Å². The number of hydrogen-bond donors (Lipinski definition) is 1. The number of ketones is 1. The Labute approximate surface area is 102 Å². The number of carboxylic acids is 1. The standard InChI is InChI=1S/C14H18O3/c1-10(2)8-14(11(3)15,13(16)17)9-12-6-4-5-7-12/h4-7,12H,1,8-9H2,2-3H3,(H,16,17). The molecule has 1 N–H and O–H groups in total. The molecule has 0 bridgehead atoms. The molecule has 0 spiro atoms. The topological polar surface area (TPSA) is 54.4 Å². The molecule has 0 aromatic rings. The van der Waals surface area contributed by atoms with Gasteiger partial charge in [0.25, 0.3) is 0 Å². The van der Waals surface area contributed by atoms with Gasteiger partial charge in [0.1, 0.15) is 11.2 Å². The molecule has 1 aliphatic carbocycles. The number of Topliss-reactive ketones (excluding diaryl/α,β-unsaturated/α-hetero) is 1. The quantitative estimate of drug-likeness (QED) is 0.568. The largest absolute Gasteiger partial charge is 0.480 e. The van der Waals surface area contributed by atoms with Crippen molar-refractivity contribution in [2.45, 2.75) is 26.7 Å². The van der Waals surface area contributed by atoms with Crippen LogP contribution in [-0.4, -0.2) is 16.9 Å². The first-order chi connectivity index (χ1) is 7.88. The molecule has 0 heterocycles. The van der Waals surface area contributed by atoms with Crippen LogP contribution in [0.15, 0.2) is 36.5 Å². The Morgan fingerprint density at radius 2 is 1.82 bits per heavy atom. The predicted octanol–water partition coefficient (Wildman–Crippen LogP) is 2.74. The van der Waals surface area contributed by atoms with Crippen molar-refractivity contribution in [1.82, 2.24) is 0 Å². The molecule has 0 saturated heterocycles. The Bertz CT molecular complexity index is 376. The van der Waals surface area contributed by atoms with Gasteiger partial charge in [0.15, 0.2) is 0 Å². The van der Waals surface area contributed by atoms with E-state index < -0.39 is 11.4 Å². The summed E-state index contributed by atoms with van der Waals surface area (Å²) >= 11 is 0. The average Bonchev–Trinajstić information content (AvgIpc) is 2.67. The summed E-state index contributed by atoms with van der Waals surface area (Å²) in [4.78, 5) is 23.2. The van der Waals surface area contributed by atoms with E-state index in [0.29, 0.717) is 12.0 Å². The Balaban J connectivity index is 3.01. The maximum absolute atomic E-state index is 11.8. The molecule has 92 valence electrons. The third-order valence-corrected chi connectivity index (χ3v) is 3.10. The molecule has 0 aromatic heterocycles. The van der Waals surface area contributed by atoms with Gasteiger partial charge in [-0.05, 0) is 32.6 Å². The molecule has 0 fully saturated rings. The fraction of sp³-hybridized carbons (Fsp3) is 0.429. The molecule has 0 aromatic carbocycles. The summed E-state index contributed by atoms with van der Waals surface area (Å²) in [7, 11) is 0. The molecule has 0 saturated carbocycles. The van der Waals surface area contributed by atoms with Crippen molar-refractivity contribution in [2.24, 2.45) is 11.3 Å². The van der Waals surface area contributed by atoms with Crippen LogP contribution >= 0.6 is 0 Å². The lowest BCUT2D eigenvalue weighted by atomic mass is 9.72. The first kappa shape index (κ1) is 13.4. The van der Waals surface area contributed by atoms with Crippen molar-refractivity contribution < 1.29 is 14.7 Å². The minimum atomic E-state index is -1.34. The van der Waals surface area contributed by atoms with Gasteiger partial charge in [0.05, 0.1) is 0 Å². The van der Waals surface area contributed by atoms with Crippen LogP contribution in [0.1, 0.15) is 26.7 Å². The second kappa shape index (κ2) is 5.13. The van der Waals surface area contributed by atoms with E-state index >= 15 is 0 Å². The number of carbonyl (C=O) groups is 2. The lowest BCUT2D eigenvalue weighted by Gasteiger charge is -2.28. The maximum Gasteiger partial charge on any atom is 0.317 e. The Morgan fingerprint density at radius 1 is 1.29 bits per heavy atom. The molecule has 0 amide bonds. The first-order valence-corrected chi connectivity index (χ1v) is 5.62. The van der Waals surface area contributed by atoms with Crippen LogP contribution in [0.4, 0.5) is 0 Å². The molecule has 1 atom stereocenters.